The molecule has 0 spiro atoms. The number of nitriles is 2. The zero-order chi connectivity index (χ0) is 16.7. The number of aromatic nitrogens is 2. The Hall–Kier alpha value is -1.89. The van der Waals surface area contributed by atoms with Crippen molar-refractivity contribution in [2.75, 3.05) is 26.2 Å². The lowest BCUT2D eigenvalue weighted by atomic mass is 10.0. The lowest BCUT2D eigenvalue weighted by molar-refractivity contribution is 0.0689. The molecule has 0 unspecified atom stereocenters. The average Bonchev–Trinajstić information content (AvgIpc) is 3.01. The maximum atomic E-state index is 9.22. The minimum Gasteiger partial charge on any atom is -0.334 e. The van der Waals surface area contributed by atoms with E-state index in [4.69, 9.17) is 5.26 Å². The zero-order valence-corrected chi connectivity index (χ0v) is 14.1. The van der Waals surface area contributed by atoms with Crippen LogP contribution >= 0.6 is 0 Å². The first-order valence-corrected chi connectivity index (χ1v) is 8.40. The van der Waals surface area contributed by atoms with E-state index < -0.39 is 0 Å². The summed E-state index contributed by atoms with van der Waals surface area (Å²) in [6.07, 6.45) is 5.04. The third-order valence-corrected chi connectivity index (χ3v) is 4.60. The van der Waals surface area contributed by atoms with Crippen molar-refractivity contribution >= 4 is 0 Å². The van der Waals surface area contributed by atoms with Crippen molar-refractivity contribution in [1.82, 2.24) is 19.4 Å². The smallest absolute Gasteiger partial charge is 0.122 e. The van der Waals surface area contributed by atoms with E-state index in [1.54, 1.807) is 0 Å². The van der Waals surface area contributed by atoms with Crippen LogP contribution in [0, 0.1) is 28.6 Å². The average molecular weight is 314 g/mol. The first-order chi connectivity index (χ1) is 11.2. The Labute approximate surface area is 138 Å². The molecule has 124 valence electrons. The topological polar surface area (TPSA) is 71.9 Å². The summed E-state index contributed by atoms with van der Waals surface area (Å²) in [5.41, 5.74) is 0. The summed E-state index contributed by atoms with van der Waals surface area (Å²) in [6, 6.07) is 4.92. The molecule has 0 N–H and O–H groups in total. The number of piperazine rings is 1. The molecule has 0 radical (unpaired) electrons. The van der Waals surface area contributed by atoms with Crippen molar-refractivity contribution < 1.29 is 0 Å². The predicted molar refractivity (Wildman–Crippen MR) is 88.2 cm³/mol. The lowest BCUT2D eigenvalue weighted by Gasteiger charge is -2.40. The van der Waals surface area contributed by atoms with Crippen molar-refractivity contribution in [3.8, 4) is 12.1 Å². The van der Waals surface area contributed by atoms with Gasteiger partial charge in [-0.25, -0.2) is 4.98 Å². The highest BCUT2D eigenvalue weighted by Crippen LogP contribution is 2.16. The number of nitrogens with zero attached hydrogens (tertiary/aromatic N) is 6. The maximum Gasteiger partial charge on any atom is 0.122 e. The van der Waals surface area contributed by atoms with Gasteiger partial charge in [-0.05, 0) is 20.3 Å². The molecule has 2 heterocycles. The molecule has 0 aliphatic carbocycles. The van der Waals surface area contributed by atoms with E-state index >= 15 is 0 Å². The Balaban J connectivity index is 1.85. The van der Waals surface area contributed by atoms with E-state index in [2.05, 4.69) is 45.3 Å². The molecule has 1 aromatic rings. The van der Waals surface area contributed by atoms with Crippen molar-refractivity contribution in [2.45, 2.75) is 45.8 Å². The van der Waals surface area contributed by atoms with Gasteiger partial charge in [0, 0.05) is 57.6 Å². The van der Waals surface area contributed by atoms with E-state index in [0.29, 0.717) is 18.9 Å². The molecule has 23 heavy (non-hydrogen) atoms. The maximum absolute atomic E-state index is 9.22. The Morgan fingerprint density at radius 1 is 1.39 bits per heavy atom. The van der Waals surface area contributed by atoms with E-state index in [9.17, 15) is 5.26 Å². The molecule has 0 saturated carbocycles. The van der Waals surface area contributed by atoms with Gasteiger partial charge < -0.3 is 4.57 Å². The molecule has 6 heteroatoms. The summed E-state index contributed by atoms with van der Waals surface area (Å²) < 4.78 is 2.19. The Kier molecular flexibility index (Phi) is 6.58. The van der Waals surface area contributed by atoms with E-state index in [1.165, 1.54) is 0 Å². The monoisotopic (exact) mass is 314 g/mol. The second-order valence-corrected chi connectivity index (χ2v) is 6.23. The SMILES string of the molecule is CCn1ccnc1CN1CCN(C[C@H](C#N)CCC#N)C[C@H]1C. The molecule has 2 rings (SSSR count). The highest BCUT2D eigenvalue weighted by Gasteiger charge is 2.26. The first-order valence-electron chi connectivity index (χ1n) is 8.40. The first kappa shape index (κ1) is 17.5. The Bertz CT molecular complexity index is 566. The predicted octanol–water partition coefficient (Wildman–Crippen LogP) is 1.85. The van der Waals surface area contributed by atoms with Crippen LogP contribution in [-0.2, 0) is 13.1 Å². The van der Waals surface area contributed by atoms with Crippen molar-refractivity contribution in [2.24, 2.45) is 5.92 Å². The number of hydrogen-bond donors (Lipinski definition) is 0. The third-order valence-electron chi connectivity index (χ3n) is 4.60. The number of hydrogen-bond acceptors (Lipinski definition) is 5. The summed E-state index contributed by atoms with van der Waals surface area (Å²) in [5, 5.41) is 17.9. The molecule has 0 amide bonds. The summed E-state index contributed by atoms with van der Waals surface area (Å²) in [5.74, 6) is 1.09. The molecule has 1 aliphatic rings. The van der Waals surface area contributed by atoms with Crippen LogP contribution < -0.4 is 0 Å². The highest BCUT2D eigenvalue weighted by molar-refractivity contribution is 4.95. The second kappa shape index (κ2) is 8.67. The fourth-order valence-electron chi connectivity index (χ4n) is 3.18. The van der Waals surface area contributed by atoms with Crippen LogP contribution in [0.1, 0.15) is 32.5 Å². The lowest BCUT2D eigenvalue weighted by Crippen LogP contribution is -2.52. The number of aryl methyl sites for hydroxylation is 1. The molecule has 1 aliphatic heterocycles. The summed E-state index contributed by atoms with van der Waals surface area (Å²) >= 11 is 0. The fourth-order valence-corrected chi connectivity index (χ4v) is 3.18. The third kappa shape index (κ3) is 4.79. The molecule has 0 aromatic carbocycles. The van der Waals surface area contributed by atoms with Gasteiger partial charge in [-0.3, -0.25) is 9.80 Å². The van der Waals surface area contributed by atoms with Crippen LogP contribution in [-0.4, -0.2) is 51.6 Å². The van der Waals surface area contributed by atoms with Gasteiger partial charge in [0.25, 0.3) is 0 Å². The Morgan fingerprint density at radius 2 is 2.22 bits per heavy atom. The second-order valence-electron chi connectivity index (χ2n) is 6.23. The molecule has 1 fully saturated rings. The van der Waals surface area contributed by atoms with Crippen LogP contribution in [0.15, 0.2) is 12.4 Å². The standard InChI is InChI=1S/C17H26N6/c1-3-22-8-7-20-17(22)14-23-10-9-21(12-15(23)2)13-16(11-19)5-4-6-18/h7-8,15-16H,3-5,9-10,12-14H2,1-2H3/t15-,16+/m1/s1. The largest absolute Gasteiger partial charge is 0.334 e. The minimum atomic E-state index is -0.0348. The highest BCUT2D eigenvalue weighted by atomic mass is 15.3. The van der Waals surface area contributed by atoms with E-state index in [0.717, 1.165) is 45.1 Å². The molecule has 1 saturated heterocycles. The number of rotatable bonds is 7. The van der Waals surface area contributed by atoms with Crippen molar-refractivity contribution in [3.63, 3.8) is 0 Å². The quantitative estimate of drug-likeness (QED) is 0.768. The van der Waals surface area contributed by atoms with E-state index in [1.807, 2.05) is 12.4 Å². The van der Waals surface area contributed by atoms with Gasteiger partial charge in [0.2, 0.25) is 0 Å². The van der Waals surface area contributed by atoms with Crippen LogP contribution in [0.25, 0.3) is 0 Å². The van der Waals surface area contributed by atoms with Crippen molar-refractivity contribution in [1.29, 1.82) is 10.5 Å². The summed E-state index contributed by atoms with van der Waals surface area (Å²) in [6.45, 7) is 9.92. The van der Waals surface area contributed by atoms with Gasteiger partial charge in [-0.1, -0.05) is 0 Å². The Morgan fingerprint density at radius 3 is 2.87 bits per heavy atom. The van der Waals surface area contributed by atoms with Crippen LogP contribution in [0.2, 0.25) is 0 Å². The van der Waals surface area contributed by atoms with Gasteiger partial charge in [-0.15, -0.1) is 0 Å². The fraction of sp³-hybridized carbons (Fsp3) is 0.706. The van der Waals surface area contributed by atoms with Gasteiger partial charge >= 0.3 is 0 Å². The van der Waals surface area contributed by atoms with Crippen LogP contribution in [0.4, 0.5) is 0 Å². The van der Waals surface area contributed by atoms with Crippen LogP contribution in [0.3, 0.4) is 0 Å². The van der Waals surface area contributed by atoms with Gasteiger partial charge in [0.05, 0.1) is 24.6 Å². The molecular weight excluding hydrogens is 288 g/mol. The summed E-state index contributed by atoms with van der Waals surface area (Å²) in [4.78, 5) is 9.28. The van der Waals surface area contributed by atoms with Crippen LogP contribution in [0.5, 0.6) is 0 Å². The molecule has 2 atom stereocenters. The molecule has 0 bridgehead atoms. The molecular formula is C17H26N6. The van der Waals surface area contributed by atoms with E-state index in [-0.39, 0.29) is 5.92 Å². The molecule has 1 aromatic heterocycles. The van der Waals surface area contributed by atoms with Gasteiger partial charge in [0.1, 0.15) is 5.82 Å². The molecule has 6 nitrogen and oxygen atoms in total. The zero-order valence-electron chi connectivity index (χ0n) is 14.1. The normalized spacial score (nSPS) is 20.8. The van der Waals surface area contributed by atoms with Crippen molar-refractivity contribution in [3.05, 3.63) is 18.2 Å². The number of imidazole rings is 1. The van der Waals surface area contributed by atoms with Gasteiger partial charge in [-0.2, -0.15) is 10.5 Å². The minimum absolute atomic E-state index is 0.0348. The summed E-state index contributed by atoms with van der Waals surface area (Å²) in [7, 11) is 0. The van der Waals surface area contributed by atoms with Gasteiger partial charge in [0.15, 0.2) is 0 Å².